The lowest BCUT2D eigenvalue weighted by Gasteiger charge is -2.35. The quantitative estimate of drug-likeness (QED) is 0.677. The Labute approximate surface area is 95.8 Å². The van der Waals surface area contributed by atoms with Crippen molar-refractivity contribution in [3.05, 3.63) is 11.8 Å². The number of hydrogen-bond donors (Lipinski definition) is 0. The van der Waals surface area contributed by atoms with Crippen molar-refractivity contribution in [2.45, 2.75) is 32.1 Å². The van der Waals surface area contributed by atoms with Gasteiger partial charge in [0, 0.05) is 21.3 Å². The SMILES string of the molecule is C=C(C(C)[Si](C)(C)OC)[Si](C)(OC)OC. The van der Waals surface area contributed by atoms with E-state index in [1.54, 1.807) is 21.3 Å². The summed E-state index contributed by atoms with van der Waals surface area (Å²) in [6.07, 6.45) is 0. The molecule has 0 spiro atoms. The van der Waals surface area contributed by atoms with Crippen LogP contribution in [0.5, 0.6) is 0 Å². The van der Waals surface area contributed by atoms with E-state index >= 15 is 0 Å². The first-order valence-corrected chi connectivity index (χ1v) is 10.4. The van der Waals surface area contributed by atoms with E-state index in [-0.39, 0.29) is 0 Å². The Morgan fingerprint density at radius 1 is 1.00 bits per heavy atom. The van der Waals surface area contributed by atoms with Crippen molar-refractivity contribution >= 4 is 16.9 Å². The third-order valence-corrected chi connectivity index (χ3v) is 10.4. The highest BCUT2D eigenvalue weighted by atomic mass is 28.4. The van der Waals surface area contributed by atoms with Crippen molar-refractivity contribution in [2.24, 2.45) is 0 Å². The van der Waals surface area contributed by atoms with Gasteiger partial charge in [-0.1, -0.05) is 13.5 Å². The van der Waals surface area contributed by atoms with Crippen LogP contribution in [0.25, 0.3) is 0 Å². The number of rotatable bonds is 6. The molecule has 0 radical (unpaired) electrons. The maximum absolute atomic E-state index is 5.59. The Kier molecular flexibility index (Phi) is 5.42. The van der Waals surface area contributed by atoms with E-state index in [0.29, 0.717) is 5.54 Å². The highest BCUT2D eigenvalue weighted by Crippen LogP contribution is 2.34. The van der Waals surface area contributed by atoms with Crippen molar-refractivity contribution < 1.29 is 13.3 Å². The summed E-state index contributed by atoms with van der Waals surface area (Å²) in [7, 11) is 1.21. The molecule has 0 aliphatic rings. The predicted molar refractivity (Wildman–Crippen MR) is 68.7 cm³/mol. The third-order valence-electron chi connectivity index (χ3n) is 3.45. The number of allylic oxidation sites excluding steroid dienone is 1. The second-order valence-electron chi connectivity index (χ2n) is 4.41. The molecule has 0 aromatic rings. The van der Waals surface area contributed by atoms with Crippen molar-refractivity contribution in [1.82, 2.24) is 0 Å². The summed E-state index contributed by atoms with van der Waals surface area (Å²) in [5, 5.41) is 1.08. The van der Waals surface area contributed by atoms with E-state index in [0.717, 1.165) is 5.20 Å². The first-order chi connectivity index (χ1) is 6.75. The lowest BCUT2D eigenvalue weighted by molar-refractivity contribution is 0.258. The van der Waals surface area contributed by atoms with Crippen LogP contribution in [0, 0.1) is 0 Å². The average molecular weight is 248 g/mol. The van der Waals surface area contributed by atoms with Crippen molar-refractivity contribution in [1.29, 1.82) is 0 Å². The van der Waals surface area contributed by atoms with Gasteiger partial charge in [-0.3, -0.25) is 0 Å². The second-order valence-corrected chi connectivity index (χ2v) is 12.2. The predicted octanol–water partition coefficient (Wildman–Crippen LogP) is 2.69. The Hall–Kier alpha value is 0.0538. The van der Waals surface area contributed by atoms with Gasteiger partial charge < -0.3 is 13.3 Å². The Bertz CT molecular complexity index is 225. The van der Waals surface area contributed by atoms with Crippen LogP contribution in [-0.4, -0.2) is 38.2 Å². The van der Waals surface area contributed by atoms with Crippen LogP contribution in [0.15, 0.2) is 11.8 Å². The fourth-order valence-electron chi connectivity index (χ4n) is 1.34. The molecule has 0 aliphatic carbocycles. The van der Waals surface area contributed by atoms with Gasteiger partial charge in [-0.2, -0.15) is 0 Å². The molecule has 0 rings (SSSR count). The van der Waals surface area contributed by atoms with E-state index in [1.165, 1.54) is 0 Å². The first-order valence-electron chi connectivity index (χ1n) is 5.10. The molecule has 0 fully saturated rings. The van der Waals surface area contributed by atoms with E-state index in [2.05, 4.69) is 26.6 Å². The smallest absolute Gasteiger partial charge is 0.364 e. The molecule has 0 bridgehead atoms. The molecule has 0 saturated heterocycles. The zero-order valence-electron chi connectivity index (χ0n) is 11.0. The Morgan fingerprint density at radius 2 is 1.40 bits per heavy atom. The lowest BCUT2D eigenvalue weighted by atomic mass is 10.5. The minimum Gasteiger partial charge on any atom is -0.420 e. The fourth-order valence-corrected chi connectivity index (χ4v) is 5.83. The zero-order chi connectivity index (χ0) is 12.3. The van der Waals surface area contributed by atoms with Crippen LogP contribution in [-0.2, 0) is 13.3 Å². The van der Waals surface area contributed by atoms with E-state index < -0.39 is 16.9 Å². The van der Waals surface area contributed by atoms with E-state index in [4.69, 9.17) is 13.3 Å². The molecule has 0 saturated carbocycles. The summed E-state index contributed by atoms with van der Waals surface area (Å²) in [6.45, 7) is 12.7. The molecule has 0 aliphatic heterocycles. The molecule has 90 valence electrons. The summed E-state index contributed by atoms with van der Waals surface area (Å²) in [5.41, 5.74) is 0.332. The molecule has 0 heterocycles. The molecule has 0 aromatic carbocycles. The molecular formula is C10H24O3Si2. The van der Waals surface area contributed by atoms with Crippen molar-refractivity contribution in [2.75, 3.05) is 21.3 Å². The normalized spacial score (nSPS) is 15.1. The van der Waals surface area contributed by atoms with Gasteiger partial charge in [0.2, 0.25) is 0 Å². The van der Waals surface area contributed by atoms with Crippen LogP contribution in [0.4, 0.5) is 0 Å². The maximum Gasteiger partial charge on any atom is 0.364 e. The van der Waals surface area contributed by atoms with Crippen LogP contribution in [0.1, 0.15) is 6.92 Å². The lowest BCUT2D eigenvalue weighted by Crippen LogP contribution is -2.46. The summed E-state index contributed by atoms with van der Waals surface area (Å²) in [5.74, 6) is 0. The largest absolute Gasteiger partial charge is 0.420 e. The molecular weight excluding hydrogens is 224 g/mol. The minimum absolute atomic E-state index is 0.332. The summed E-state index contributed by atoms with van der Waals surface area (Å²) < 4.78 is 16.6. The maximum atomic E-state index is 5.59. The number of hydrogen-bond acceptors (Lipinski definition) is 3. The molecule has 1 unspecified atom stereocenters. The van der Waals surface area contributed by atoms with E-state index in [9.17, 15) is 0 Å². The van der Waals surface area contributed by atoms with Crippen LogP contribution in [0.3, 0.4) is 0 Å². The fraction of sp³-hybridized carbons (Fsp3) is 0.800. The molecule has 0 amide bonds. The molecule has 3 nitrogen and oxygen atoms in total. The first kappa shape index (κ1) is 15.1. The highest BCUT2D eigenvalue weighted by Gasteiger charge is 2.42. The van der Waals surface area contributed by atoms with Gasteiger partial charge in [0.05, 0.1) is 0 Å². The Morgan fingerprint density at radius 3 is 1.67 bits per heavy atom. The second kappa shape index (κ2) is 5.40. The van der Waals surface area contributed by atoms with Gasteiger partial charge in [0.15, 0.2) is 8.32 Å². The summed E-state index contributed by atoms with van der Waals surface area (Å²) in [6, 6.07) is 0. The summed E-state index contributed by atoms with van der Waals surface area (Å²) >= 11 is 0. The molecule has 15 heavy (non-hydrogen) atoms. The minimum atomic E-state index is -2.23. The Balaban J connectivity index is 4.86. The van der Waals surface area contributed by atoms with Crippen molar-refractivity contribution in [3.63, 3.8) is 0 Å². The summed E-state index contributed by atoms with van der Waals surface area (Å²) in [4.78, 5) is 0. The van der Waals surface area contributed by atoms with Gasteiger partial charge in [-0.25, -0.2) is 0 Å². The highest BCUT2D eigenvalue weighted by molar-refractivity contribution is 6.80. The van der Waals surface area contributed by atoms with Crippen LogP contribution in [0.2, 0.25) is 25.2 Å². The van der Waals surface area contributed by atoms with Gasteiger partial charge in [0.1, 0.15) is 0 Å². The topological polar surface area (TPSA) is 27.7 Å². The molecule has 1 atom stereocenters. The van der Waals surface area contributed by atoms with Gasteiger partial charge >= 0.3 is 8.56 Å². The van der Waals surface area contributed by atoms with Gasteiger partial charge in [0.25, 0.3) is 0 Å². The van der Waals surface area contributed by atoms with Gasteiger partial charge in [-0.05, 0) is 30.4 Å². The zero-order valence-corrected chi connectivity index (χ0v) is 13.0. The average Bonchev–Trinajstić information content (AvgIpc) is 2.25. The van der Waals surface area contributed by atoms with Gasteiger partial charge in [-0.15, -0.1) is 0 Å². The molecule has 0 aromatic heterocycles. The monoisotopic (exact) mass is 248 g/mol. The molecule has 5 heteroatoms. The van der Waals surface area contributed by atoms with Crippen molar-refractivity contribution in [3.8, 4) is 0 Å². The third kappa shape index (κ3) is 3.25. The van der Waals surface area contributed by atoms with Crippen LogP contribution >= 0.6 is 0 Å². The van der Waals surface area contributed by atoms with E-state index in [1.807, 2.05) is 6.55 Å². The molecule has 0 N–H and O–H groups in total. The van der Waals surface area contributed by atoms with Crippen LogP contribution < -0.4 is 0 Å². The standard InChI is InChI=1S/C10H24O3Si2/c1-9(14(6,7)11-3)10(2)15(8,12-4)13-5/h9H,2H2,1,3-8H3.